The van der Waals surface area contributed by atoms with Crippen LogP contribution in [0.3, 0.4) is 0 Å². The van der Waals surface area contributed by atoms with Crippen LogP contribution in [0, 0.1) is 5.92 Å². The average molecular weight is 354 g/mol. The van der Waals surface area contributed by atoms with E-state index in [0.717, 1.165) is 37.4 Å². The third-order valence-corrected chi connectivity index (χ3v) is 6.75. The summed E-state index contributed by atoms with van der Waals surface area (Å²) in [7, 11) is -2.49. The van der Waals surface area contributed by atoms with Gasteiger partial charge in [0, 0.05) is 31.1 Å². The first-order valence-corrected chi connectivity index (χ1v) is 10.6. The van der Waals surface area contributed by atoms with E-state index in [9.17, 15) is 0 Å². The average Bonchev–Trinajstić information content (AvgIpc) is 2.39. The maximum absolute atomic E-state index is 6.03. The van der Waals surface area contributed by atoms with Crippen LogP contribution in [0.15, 0.2) is 0 Å². The molecule has 2 atom stereocenters. The number of nitrogens with one attached hydrogen (secondary N) is 1. The standard InChI is InChI=1S/C13H28BrNO3Si/c1-3-5-7-13-8-10-17-19(16-4-2,11-6-9-14)18-15-12-13/h13,15H,3-12H2,1-2H3. The number of unbranched alkanes of at least 4 members (excludes halogenated alkanes) is 1. The Morgan fingerprint density at radius 1 is 1.37 bits per heavy atom. The Morgan fingerprint density at radius 2 is 2.21 bits per heavy atom. The second-order valence-corrected chi connectivity index (χ2v) is 8.44. The highest BCUT2D eigenvalue weighted by Crippen LogP contribution is 2.22. The Labute approximate surface area is 127 Å². The Morgan fingerprint density at radius 3 is 2.89 bits per heavy atom. The summed E-state index contributed by atoms with van der Waals surface area (Å²) in [5, 5.41) is 0.959. The second-order valence-electron chi connectivity index (χ2n) is 5.00. The molecular formula is C13H28BrNO3Si. The van der Waals surface area contributed by atoms with Gasteiger partial charge in [0.2, 0.25) is 0 Å². The van der Waals surface area contributed by atoms with Gasteiger partial charge in [0.1, 0.15) is 0 Å². The molecule has 1 rings (SSSR count). The van der Waals surface area contributed by atoms with Gasteiger partial charge in [-0.25, -0.2) is 5.48 Å². The molecule has 1 aliphatic rings. The quantitative estimate of drug-likeness (QED) is 0.535. The third kappa shape index (κ3) is 6.69. The zero-order valence-electron chi connectivity index (χ0n) is 12.3. The molecule has 0 spiro atoms. The highest BCUT2D eigenvalue weighted by atomic mass is 79.9. The number of hydroxylamine groups is 1. The van der Waals surface area contributed by atoms with Gasteiger partial charge in [0.05, 0.1) is 0 Å². The summed E-state index contributed by atoms with van der Waals surface area (Å²) in [4.78, 5) is 0. The van der Waals surface area contributed by atoms with Crippen LogP contribution in [0.25, 0.3) is 0 Å². The molecule has 2 unspecified atom stereocenters. The molecule has 4 nitrogen and oxygen atoms in total. The van der Waals surface area contributed by atoms with E-state index in [1.165, 1.54) is 19.3 Å². The zero-order valence-corrected chi connectivity index (χ0v) is 14.8. The van der Waals surface area contributed by atoms with Gasteiger partial charge in [-0.2, -0.15) is 0 Å². The molecule has 114 valence electrons. The van der Waals surface area contributed by atoms with E-state index < -0.39 is 8.80 Å². The van der Waals surface area contributed by atoms with E-state index >= 15 is 0 Å². The minimum atomic E-state index is -2.49. The SMILES string of the molecule is CCCCC1CCO[Si](CCCBr)(OCC)ONC1. The molecule has 1 aliphatic heterocycles. The van der Waals surface area contributed by atoms with Crippen LogP contribution in [0.1, 0.15) is 46.0 Å². The first kappa shape index (κ1) is 17.6. The summed E-state index contributed by atoms with van der Waals surface area (Å²) >= 11 is 3.46. The Balaban J connectivity index is 2.44. The number of hydrogen-bond acceptors (Lipinski definition) is 4. The summed E-state index contributed by atoms with van der Waals surface area (Å²) in [6.45, 7) is 6.56. The summed E-state index contributed by atoms with van der Waals surface area (Å²) in [6, 6.07) is 0.874. The first-order valence-electron chi connectivity index (χ1n) is 7.51. The van der Waals surface area contributed by atoms with E-state index in [-0.39, 0.29) is 0 Å². The van der Waals surface area contributed by atoms with E-state index in [4.69, 9.17) is 13.4 Å². The minimum Gasteiger partial charge on any atom is -0.373 e. The lowest BCUT2D eigenvalue weighted by molar-refractivity contribution is -0.00152. The molecule has 0 bridgehead atoms. The molecule has 1 saturated heterocycles. The zero-order chi connectivity index (χ0) is 14.0. The van der Waals surface area contributed by atoms with E-state index in [0.29, 0.717) is 12.5 Å². The summed E-state index contributed by atoms with van der Waals surface area (Å²) in [5.74, 6) is 0.657. The van der Waals surface area contributed by atoms with E-state index in [1.807, 2.05) is 6.92 Å². The smallest absolute Gasteiger partial charge is 0.373 e. The molecule has 0 aromatic heterocycles. The fourth-order valence-corrected chi connectivity index (χ4v) is 5.46. The topological polar surface area (TPSA) is 39.7 Å². The molecule has 1 fully saturated rings. The highest BCUT2D eigenvalue weighted by molar-refractivity contribution is 9.09. The van der Waals surface area contributed by atoms with Gasteiger partial charge in [-0.3, -0.25) is 4.53 Å². The molecule has 1 heterocycles. The van der Waals surface area contributed by atoms with Crippen LogP contribution in [0.5, 0.6) is 0 Å². The van der Waals surface area contributed by atoms with Crippen molar-refractivity contribution < 1.29 is 13.4 Å². The fraction of sp³-hybridized carbons (Fsp3) is 1.00. The van der Waals surface area contributed by atoms with Gasteiger partial charge in [0.25, 0.3) is 0 Å². The van der Waals surface area contributed by atoms with E-state index in [2.05, 4.69) is 28.3 Å². The largest absolute Gasteiger partial charge is 0.517 e. The molecular weight excluding hydrogens is 326 g/mol. The molecule has 0 saturated carbocycles. The Kier molecular flexibility index (Phi) is 9.53. The molecule has 0 aromatic rings. The molecule has 0 aliphatic carbocycles. The number of halogens is 1. The summed E-state index contributed by atoms with van der Waals surface area (Å²) in [6.07, 6.45) is 5.91. The molecule has 6 heteroatoms. The van der Waals surface area contributed by atoms with Crippen molar-refractivity contribution in [1.29, 1.82) is 0 Å². The molecule has 0 aromatic carbocycles. The lowest BCUT2D eigenvalue weighted by Gasteiger charge is -2.32. The van der Waals surface area contributed by atoms with Gasteiger partial charge in [0.15, 0.2) is 0 Å². The van der Waals surface area contributed by atoms with Crippen molar-refractivity contribution >= 4 is 24.7 Å². The van der Waals surface area contributed by atoms with Gasteiger partial charge in [-0.1, -0.05) is 35.7 Å². The predicted molar refractivity (Wildman–Crippen MR) is 83.3 cm³/mol. The van der Waals surface area contributed by atoms with Crippen molar-refractivity contribution in [2.75, 3.05) is 25.1 Å². The van der Waals surface area contributed by atoms with Gasteiger partial charge < -0.3 is 8.85 Å². The van der Waals surface area contributed by atoms with E-state index in [1.54, 1.807) is 0 Å². The van der Waals surface area contributed by atoms with Crippen LogP contribution in [-0.4, -0.2) is 33.9 Å². The first-order chi connectivity index (χ1) is 9.26. The van der Waals surface area contributed by atoms with Crippen molar-refractivity contribution in [3.8, 4) is 0 Å². The van der Waals surface area contributed by atoms with Crippen molar-refractivity contribution in [2.24, 2.45) is 5.92 Å². The molecule has 0 amide bonds. The van der Waals surface area contributed by atoms with Gasteiger partial charge in [-0.15, -0.1) is 0 Å². The lowest BCUT2D eigenvalue weighted by Crippen LogP contribution is -2.52. The van der Waals surface area contributed by atoms with Crippen molar-refractivity contribution in [2.45, 2.75) is 52.0 Å². The van der Waals surface area contributed by atoms with Gasteiger partial charge >= 0.3 is 8.80 Å². The fourth-order valence-electron chi connectivity index (χ4n) is 2.29. The lowest BCUT2D eigenvalue weighted by atomic mass is 9.99. The van der Waals surface area contributed by atoms with Crippen molar-refractivity contribution in [3.05, 3.63) is 0 Å². The maximum Gasteiger partial charge on any atom is 0.517 e. The summed E-state index contributed by atoms with van der Waals surface area (Å²) < 4.78 is 17.7. The van der Waals surface area contributed by atoms with Crippen LogP contribution in [0.4, 0.5) is 0 Å². The summed E-state index contributed by atoms with van der Waals surface area (Å²) in [5.41, 5.74) is 3.13. The molecule has 19 heavy (non-hydrogen) atoms. The number of alkyl halides is 1. The maximum atomic E-state index is 6.03. The molecule has 0 radical (unpaired) electrons. The third-order valence-electron chi connectivity index (χ3n) is 3.39. The van der Waals surface area contributed by atoms with Gasteiger partial charge in [-0.05, 0) is 32.1 Å². The van der Waals surface area contributed by atoms with Crippen molar-refractivity contribution in [3.63, 3.8) is 0 Å². The molecule has 1 N–H and O–H groups in total. The van der Waals surface area contributed by atoms with Crippen LogP contribution >= 0.6 is 15.9 Å². The normalized spacial score (nSPS) is 28.9. The second kappa shape index (κ2) is 10.3. The Hall–Kier alpha value is 0.537. The predicted octanol–water partition coefficient (Wildman–Crippen LogP) is 3.49. The number of hydrogen-bond donors (Lipinski definition) is 1. The number of rotatable bonds is 8. The van der Waals surface area contributed by atoms with Crippen molar-refractivity contribution in [1.82, 2.24) is 5.48 Å². The van der Waals surface area contributed by atoms with Crippen LogP contribution in [0.2, 0.25) is 6.04 Å². The minimum absolute atomic E-state index is 0.648. The van der Waals surface area contributed by atoms with Crippen LogP contribution in [-0.2, 0) is 13.4 Å². The Bertz CT molecular complexity index is 224. The highest BCUT2D eigenvalue weighted by Gasteiger charge is 2.42. The monoisotopic (exact) mass is 353 g/mol. The van der Waals surface area contributed by atoms with Crippen LogP contribution < -0.4 is 5.48 Å².